The Kier molecular flexibility index (Phi) is 3.99. The van der Waals surface area contributed by atoms with Crippen LogP contribution in [0.4, 0.5) is 0 Å². The van der Waals surface area contributed by atoms with Crippen molar-refractivity contribution in [2.24, 2.45) is 0 Å². The molecule has 1 N–H and O–H groups in total. The lowest BCUT2D eigenvalue weighted by atomic mass is 10.1. The Balaban J connectivity index is 1.95. The van der Waals surface area contributed by atoms with Gasteiger partial charge in [0.15, 0.2) is 5.76 Å². The van der Waals surface area contributed by atoms with Crippen molar-refractivity contribution in [3.05, 3.63) is 46.8 Å². The Bertz CT molecular complexity index is 520. The topological polar surface area (TPSA) is 47.3 Å². The molecule has 1 heterocycles. The van der Waals surface area contributed by atoms with Crippen molar-refractivity contribution >= 4 is 0 Å². The minimum absolute atomic E-state index is 0.665. The van der Waals surface area contributed by atoms with Gasteiger partial charge >= 0.3 is 0 Å². The van der Waals surface area contributed by atoms with Crippen molar-refractivity contribution in [2.45, 2.75) is 26.9 Å². The molecule has 0 radical (unpaired) electrons. The molecule has 0 bridgehead atoms. The Morgan fingerprint density at radius 3 is 2.72 bits per heavy atom. The molecule has 0 aliphatic rings. The smallest absolute Gasteiger partial charge is 0.150 e. The van der Waals surface area contributed by atoms with Gasteiger partial charge in [-0.15, -0.1) is 0 Å². The Hall–Kier alpha value is -1.81. The summed E-state index contributed by atoms with van der Waals surface area (Å²) in [6.45, 7) is 5.39. The number of hydrogen-bond acceptors (Lipinski definition) is 4. The van der Waals surface area contributed by atoms with Gasteiger partial charge in [0.25, 0.3) is 0 Å². The normalized spacial score (nSPS) is 10.6. The SMILES string of the molecule is COc1ccc(C)cc1CNCc1cc(C)no1. The summed E-state index contributed by atoms with van der Waals surface area (Å²) in [5.74, 6) is 1.75. The molecule has 0 amide bonds. The van der Waals surface area contributed by atoms with Gasteiger partial charge in [-0.1, -0.05) is 22.9 Å². The molecule has 0 aliphatic carbocycles. The molecule has 4 nitrogen and oxygen atoms in total. The molecule has 0 saturated carbocycles. The first kappa shape index (κ1) is 12.6. The minimum atomic E-state index is 0.665. The van der Waals surface area contributed by atoms with Crippen LogP contribution in [0.1, 0.15) is 22.6 Å². The number of methoxy groups -OCH3 is 1. The van der Waals surface area contributed by atoms with Crippen LogP contribution in [0.15, 0.2) is 28.8 Å². The third-order valence-electron chi connectivity index (χ3n) is 2.73. The zero-order valence-electron chi connectivity index (χ0n) is 11.0. The lowest BCUT2D eigenvalue weighted by molar-refractivity contribution is 0.368. The highest BCUT2D eigenvalue weighted by Crippen LogP contribution is 2.19. The highest BCUT2D eigenvalue weighted by Gasteiger charge is 2.04. The van der Waals surface area contributed by atoms with E-state index >= 15 is 0 Å². The fourth-order valence-electron chi connectivity index (χ4n) is 1.87. The van der Waals surface area contributed by atoms with E-state index in [0.717, 1.165) is 29.3 Å². The molecule has 0 spiro atoms. The summed E-state index contributed by atoms with van der Waals surface area (Å²) in [5.41, 5.74) is 3.27. The first-order valence-electron chi connectivity index (χ1n) is 5.95. The molecule has 96 valence electrons. The molecule has 18 heavy (non-hydrogen) atoms. The van der Waals surface area contributed by atoms with Crippen LogP contribution in [0.25, 0.3) is 0 Å². The van der Waals surface area contributed by atoms with Crippen LogP contribution in [0.2, 0.25) is 0 Å². The van der Waals surface area contributed by atoms with Gasteiger partial charge in [0.1, 0.15) is 5.75 Å². The number of ether oxygens (including phenoxy) is 1. The predicted molar refractivity (Wildman–Crippen MR) is 69.5 cm³/mol. The molecule has 0 fully saturated rings. The van der Waals surface area contributed by atoms with E-state index in [9.17, 15) is 0 Å². The van der Waals surface area contributed by atoms with Crippen molar-refractivity contribution in [1.29, 1.82) is 0 Å². The van der Waals surface area contributed by atoms with E-state index in [4.69, 9.17) is 9.26 Å². The maximum absolute atomic E-state index is 5.33. The van der Waals surface area contributed by atoms with Crippen LogP contribution in [0.5, 0.6) is 5.75 Å². The highest BCUT2D eigenvalue weighted by molar-refractivity contribution is 5.36. The molecular weight excluding hydrogens is 228 g/mol. The van der Waals surface area contributed by atoms with E-state index in [1.54, 1.807) is 7.11 Å². The summed E-state index contributed by atoms with van der Waals surface area (Å²) < 4.78 is 10.5. The van der Waals surface area contributed by atoms with Crippen LogP contribution >= 0.6 is 0 Å². The number of aromatic nitrogens is 1. The summed E-state index contributed by atoms with van der Waals surface area (Å²) >= 11 is 0. The Morgan fingerprint density at radius 1 is 1.22 bits per heavy atom. The van der Waals surface area contributed by atoms with Crippen molar-refractivity contribution in [3.63, 3.8) is 0 Å². The first-order valence-corrected chi connectivity index (χ1v) is 5.95. The molecule has 0 saturated heterocycles. The summed E-state index contributed by atoms with van der Waals surface area (Å²) in [6.07, 6.45) is 0. The second kappa shape index (κ2) is 5.69. The van der Waals surface area contributed by atoms with Gasteiger partial charge in [-0.2, -0.15) is 0 Å². The quantitative estimate of drug-likeness (QED) is 0.881. The Labute approximate surface area is 107 Å². The van der Waals surface area contributed by atoms with E-state index in [1.165, 1.54) is 5.56 Å². The maximum atomic E-state index is 5.33. The van der Waals surface area contributed by atoms with Gasteiger partial charge in [0, 0.05) is 18.2 Å². The minimum Gasteiger partial charge on any atom is -0.496 e. The van der Waals surface area contributed by atoms with E-state index in [1.807, 2.05) is 25.1 Å². The highest BCUT2D eigenvalue weighted by atomic mass is 16.5. The van der Waals surface area contributed by atoms with Gasteiger partial charge in [0.05, 0.1) is 19.3 Å². The lowest BCUT2D eigenvalue weighted by Crippen LogP contribution is -2.13. The zero-order chi connectivity index (χ0) is 13.0. The third kappa shape index (κ3) is 3.11. The van der Waals surface area contributed by atoms with E-state index in [-0.39, 0.29) is 0 Å². The Morgan fingerprint density at radius 2 is 2.06 bits per heavy atom. The molecule has 2 rings (SSSR count). The fourth-order valence-corrected chi connectivity index (χ4v) is 1.87. The van der Waals surface area contributed by atoms with Gasteiger partial charge in [-0.05, 0) is 19.9 Å². The second-order valence-electron chi connectivity index (χ2n) is 4.35. The summed E-state index contributed by atoms with van der Waals surface area (Å²) in [6, 6.07) is 8.09. The zero-order valence-corrected chi connectivity index (χ0v) is 11.0. The van der Waals surface area contributed by atoms with Crippen LogP contribution in [-0.4, -0.2) is 12.3 Å². The molecule has 0 atom stereocenters. The summed E-state index contributed by atoms with van der Waals surface area (Å²) in [5, 5.41) is 7.17. The number of aryl methyl sites for hydroxylation is 2. The third-order valence-corrected chi connectivity index (χ3v) is 2.73. The van der Waals surface area contributed by atoms with Crippen LogP contribution < -0.4 is 10.1 Å². The van der Waals surface area contributed by atoms with Crippen molar-refractivity contribution in [1.82, 2.24) is 10.5 Å². The van der Waals surface area contributed by atoms with Gasteiger partial charge in [0.2, 0.25) is 0 Å². The van der Waals surface area contributed by atoms with E-state index in [2.05, 4.69) is 23.5 Å². The molecule has 2 aromatic rings. The summed E-state index contributed by atoms with van der Waals surface area (Å²) in [7, 11) is 1.69. The van der Waals surface area contributed by atoms with E-state index < -0.39 is 0 Å². The lowest BCUT2D eigenvalue weighted by Gasteiger charge is -2.09. The monoisotopic (exact) mass is 246 g/mol. The van der Waals surface area contributed by atoms with Crippen LogP contribution in [-0.2, 0) is 13.1 Å². The molecule has 0 aliphatic heterocycles. The molecule has 1 aromatic heterocycles. The van der Waals surface area contributed by atoms with Gasteiger partial charge < -0.3 is 14.6 Å². The molecule has 0 unspecified atom stereocenters. The molecular formula is C14H18N2O2. The largest absolute Gasteiger partial charge is 0.496 e. The maximum Gasteiger partial charge on any atom is 0.150 e. The molecule has 1 aromatic carbocycles. The van der Waals surface area contributed by atoms with Crippen molar-refractivity contribution in [3.8, 4) is 5.75 Å². The van der Waals surface area contributed by atoms with E-state index in [0.29, 0.717) is 6.54 Å². The second-order valence-corrected chi connectivity index (χ2v) is 4.35. The van der Waals surface area contributed by atoms with Gasteiger partial charge in [-0.25, -0.2) is 0 Å². The standard InChI is InChI=1S/C14H18N2O2/c1-10-4-5-14(17-3)12(6-10)8-15-9-13-7-11(2)16-18-13/h4-7,15H,8-9H2,1-3H3. The number of rotatable bonds is 5. The number of hydrogen-bond donors (Lipinski definition) is 1. The van der Waals surface area contributed by atoms with Gasteiger partial charge in [-0.3, -0.25) is 0 Å². The van der Waals surface area contributed by atoms with Crippen molar-refractivity contribution < 1.29 is 9.26 Å². The fraction of sp³-hybridized carbons (Fsp3) is 0.357. The molecule has 4 heteroatoms. The number of nitrogens with one attached hydrogen (secondary N) is 1. The number of benzene rings is 1. The average Bonchev–Trinajstić information content (AvgIpc) is 2.75. The predicted octanol–water partition coefficient (Wildman–Crippen LogP) is 2.59. The van der Waals surface area contributed by atoms with Crippen LogP contribution in [0.3, 0.4) is 0 Å². The van der Waals surface area contributed by atoms with Crippen molar-refractivity contribution in [2.75, 3.05) is 7.11 Å². The summed E-state index contributed by atoms with van der Waals surface area (Å²) in [4.78, 5) is 0. The number of nitrogens with zero attached hydrogens (tertiary/aromatic N) is 1. The first-order chi connectivity index (χ1) is 8.69. The van der Waals surface area contributed by atoms with Crippen LogP contribution in [0, 0.1) is 13.8 Å². The average molecular weight is 246 g/mol.